The van der Waals surface area contributed by atoms with E-state index in [9.17, 15) is 13.2 Å². The van der Waals surface area contributed by atoms with Crippen LogP contribution >= 0.6 is 0 Å². The van der Waals surface area contributed by atoms with Crippen LogP contribution in [0.2, 0.25) is 4.82 Å². The van der Waals surface area contributed by atoms with Gasteiger partial charge in [-0.1, -0.05) is 0 Å². The Balaban J connectivity index is 2.45. The molecule has 0 aromatic carbocycles. The van der Waals surface area contributed by atoms with E-state index in [1.165, 1.54) is 0 Å². The molecule has 2 atom stereocenters. The van der Waals surface area contributed by atoms with Crippen molar-refractivity contribution in [3.8, 4) is 0 Å². The molecule has 0 aromatic rings. The maximum atomic E-state index is 12.2. The van der Waals surface area contributed by atoms with Gasteiger partial charge in [0.2, 0.25) is 0 Å². The molecule has 1 saturated carbocycles. The molecule has 0 saturated heterocycles. The zero-order valence-electron chi connectivity index (χ0n) is 8.14. The van der Waals surface area contributed by atoms with Gasteiger partial charge >= 0.3 is 88.1 Å². The van der Waals surface area contributed by atoms with E-state index < -0.39 is 20.0 Å². The first-order chi connectivity index (χ1) is 6.53. The molecule has 1 aliphatic carbocycles. The Morgan fingerprint density at radius 3 is 2.50 bits per heavy atom. The predicted octanol–water partition coefficient (Wildman–Crippen LogP) is 2.98. The fourth-order valence-electron chi connectivity index (χ4n) is 1.77. The summed E-state index contributed by atoms with van der Waals surface area (Å²) >= 11 is -1.27. The van der Waals surface area contributed by atoms with E-state index in [4.69, 9.17) is 4.74 Å². The molecule has 1 fully saturated rings. The second-order valence-corrected chi connectivity index (χ2v) is 6.12. The van der Waals surface area contributed by atoms with Gasteiger partial charge in [-0.25, -0.2) is 0 Å². The van der Waals surface area contributed by atoms with Crippen molar-refractivity contribution in [1.29, 1.82) is 0 Å². The van der Waals surface area contributed by atoms with Crippen LogP contribution in [0.3, 0.4) is 0 Å². The number of hydrogen-bond donors (Lipinski definition) is 0. The Hall–Kier alpha value is 0.269. The number of ether oxygens (including phenoxy) is 1. The average molecular weight is 275 g/mol. The van der Waals surface area contributed by atoms with Gasteiger partial charge in [0.05, 0.1) is 0 Å². The van der Waals surface area contributed by atoms with Crippen molar-refractivity contribution in [1.82, 2.24) is 0 Å². The number of halogens is 3. The van der Waals surface area contributed by atoms with Crippen LogP contribution in [0.15, 0.2) is 0 Å². The first-order valence-electron chi connectivity index (χ1n) is 4.89. The van der Waals surface area contributed by atoms with Crippen molar-refractivity contribution in [2.75, 3.05) is 6.61 Å². The summed E-state index contributed by atoms with van der Waals surface area (Å²) in [4.78, 5) is -0.254. The van der Waals surface area contributed by atoms with Crippen LogP contribution in [-0.2, 0) is 4.74 Å². The van der Waals surface area contributed by atoms with E-state index in [0.29, 0.717) is 13.0 Å². The summed E-state index contributed by atoms with van der Waals surface area (Å²) in [5, 5.41) is -3.98. The fourth-order valence-corrected chi connectivity index (χ4v) is 3.86. The molecule has 1 rings (SSSR count). The van der Waals surface area contributed by atoms with Gasteiger partial charge < -0.3 is 0 Å². The summed E-state index contributed by atoms with van der Waals surface area (Å²) in [5.41, 5.74) is 0. The molecule has 2 unspecified atom stereocenters. The summed E-state index contributed by atoms with van der Waals surface area (Å²) in [5.74, 6) is 0. The van der Waals surface area contributed by atoms with Gasteiger partial charge in [0.1, 0.15) is 0 Å². The van der Waals surface area contributed by atoms with Crippen molar-refractivity contribution in [2.45, 2.75) is 48.6 Å². The van der Waals surface area contributed by atoms with Crippen LogP contribution in [0.4, 0.5) is 13.2 Å². The Morgan fingerprint density at radius 2 is 1.93 bits per heavy atom. The zero-order valence-corrected chi connectivity index (χ0v) is 9.85. The summed E-state index contributed by atoms with van der Waals surface area (Å²) in [6.07, 6.45) is 3.28. The quantitative estimate of drug-likeness (QED) is 0.719. The van der Waals surface area contributed by atoms with E-state index in [1.807, 2.05) is 6.92 Å². The second-order valence-electron chi connectivity index (χ2n) is 3.38. The molecule has 0 spiro atoms. The minimum absolute atomic E-state index is 0.143. The molecule has 1 nitrogen and oxygen atoms in total. The topological polar surface area (TPSA) is 9.23 Å². The Labute approximate surface area is 88.5 Å². The zero-order chi connectivity index (χ0) is 10.6. The normalized spacial score (nSPS) is 29.1. The predicted molar refractivity (Wildman–Crippen MR) is 49.4 cm³/mol. The van der Waals surface area contributed by atoms with Crippen LogP contribution in [-0.4, -0.2) is 32.7 Å². The van der Waals surface area contributed by atoms with Gasteiger partial charge in [0.25, 0.3) is 0 Å². The van der Waals surface area contributed by atoms with Crippen LogP contribution in [0, 0.1) is 0 Å². The van der Waals surface area contributed by atoms with E-state index in [2.05, 4.69) is 0 Å². The Morgan fingerprint density at radius 1 is 1.29 bits per heavy atom. The van der Waals surface area contributed by atoms with Gasteiger partial charge in [0, 0.05) is 0 Å². The molecule has 0 N–H and O–H groups in total. The van der Waals surface area contributed by atoms with Crippen molar-refractivity contribution in [3.05, 3.63) is 0 Å². The van der Waals surface area contributed by atoms with Crippen LogP contribution in [0.1, 0.15) is 32.6 Å². The van der Waals surface area contributed by atoms with Gasteiger partial charge in [-0.3, -0.25) is 0 Å². The van der Waals surface area contributed by atoms with Crippen LogP contribution < -0.4 is 0 Å². The minimum atomic E-state index is -3.98. The monoisotopic (exact) mass is 276 g/mol. The molecule has 0 aromatic heterocycles. The third kappa shape index (κ3) is 4.20. The molecule has 0 amide bonds. The second kappa shape index (κ2) is 5.38. The molecule has 0 bridgehead atoms. The molecule has 0 aliphatic heterocycles. The Kier molecular flexibility index (Phi) is 4.74. The Bertz CT molecular complexity index is 170. The molecule has 1 aliphatic rings. The van der Waals surface area contributed by atoms with E-state index in [0.717, 1.165) is 19.3 Å². The van der Waals surface area contributed by atoms with Crippen LogP contribution in [0.25, 0.3) is 0 Å². The molecule has 14 heavy (non-hydrogen) atoms. The summed E-state index contributed by atoms with van der Waals surface area (Å²) in [6, 6.07) is 0. The summed E-state index contributed by atoms with van der Waals surface area (Å²) in [6.45, 7) is 2.36. The van der Waals surface area contributed by atoms with Crippen molar-refractivity contribution in [2.24, 2.45) is 0 Å². The number of hydrogen-bond acceptors (Lipinski definition) is 1. The SMILES string of the molecule is CCOC1CCCCC1[Se]C(F)(F)F. The molecular formula is C9H15F3OSe. The third-order valence-electron chi connectivity index (χ3n) is 2.31. The van der Waals surface area contributed by atoms with Crippen molar-refractivity contribution in [3.63, 3.8) is 0 Å². The molecule has 5 heteroatoms. The van der Waals surface area contributed by atoms with Crippen LogP contribution in [0.5, 0.6) is 0 Å². The maximum absolute atomic E-state index is 12.2. The van der Waals surface area contributed by atoms with Crippen molar-refractivity contribution >= 4 is 15.0 Å². The van der Waals surface area contributed by atoms with Gasteiger partial charge in [-0.15, -0.1) is 0 Å². The van der Waals surface area contributed by atoms with Crippen molar-refractivity contribution < 1.29 is 17.9 Å². The molecule has 84 valence electrons. The van der Waals surface area contributed by atoms with Gasteiger partial charge in [0.15, 0.2) is 0 Å². The fraction of sp³-hybridized carbons (Fsp3) is 1.00. The summed E-state index contributed by atoms with van der Waals surface area (Å²) in [7, 11) is 0. The van der Waals surface area contributed by atoms with E-state index in [1.54, 1.807) is 0 Å². The number of rotatable bonds is 3. The van der Waals surface area contributed by atoms with Gasteiger partial charge in [-0.2, -0.15) is 0 Å². The first kappa shape index (κ1) is 12.3. The van der Waals surface area contributed by atoms with E-state index >= 15 is 0 Å². The van der Waals surface area contributed by atoms with E-state index in [-0.39, 0.29) is 10.9 Å². The molecule has 0 radical (unpaired) electrons. The summed E-state index contributed by atoms with van der Waals surface area (Å²) < 4.78 is 42.0. The molecular weight excluding hydrogens is 260 g/mol. The standard InChI is InChI=1S/C9H15F3OSe/c1-2-13-7-5-3-4-6-8(7)14-9(10,11)12/h7-8H,2-6H2,1H3. The average Bonchev–Trinajstić information content (AvgIpc) is 2.06. The first-order valence-corrected chi connectivity index (χ1v) is 6.73. The number of alkyl halides is 3. The molecule has 0 heterocycles. The van der Waals surface area contributed by atoms with Gasteiger partial charge in [-0.05, 0) is 0 Å². The third-order valence-corrected chi connectivity index (χ3v) is 4.64.